The normalized spacial score (nSPS) is 18.5. The zero-order valence-electron chi connectivity index (χ0n) is 30.9. The molecule has 0 saturated carbocycles. The summed E-state index contributed by atoms with van der Waals surface area (Å²) in [5.74, 6) is -0.496. The van der Waals surface area contributed by atoms with Gasteiger partial charge in [-0.15, -0.1) is 0 Å². The van der Waals surface area contributed by atoms with Gasteiger partial charge in [-0.05, 0) is 112 Å². The molecule has 3 aliphatic rings. The molecule has 3 saturated heterocycles. The molecule has 17 heteroatoms. The lowest BCUT2D eigenvalue weighted by Crippen LogP contribution is -2.40. The third-order valence-electron chi connectivity index (χ3n) is 10.2. The van der Waals surface area contributed by atoms with Crippen molar-refractivity contribution in [3.05, 3.63) is 81.0 Å². The Balaban J connectivity index is 0.000000198. The maximum atomic E-state index is 12.1. The molecule has 0 radical (unpaired) electrons. The van der Waals surface area contributed by atoms with Gasteiger partial charge in [0.25, 0.3) is 0 Å². The van der Waals surface area contributed by atoms with Crippen LogP contribution >= 0.6 is 0 Å². The molecule has 0 aromatic carbocycles. The highest BCUT2D eigenvalue weighted by Gasteiger charge is 2.31. The molecule has 6 N–H and O–H groups in total. The Labute approximate surface area is 309 Å². The van der Waals surface area contributed by atoms with Crippen LogP contribution < -0.4 is 20.9 Å². The van der Waals surface area contributed by atoms with Crippen molar-refractivity contribution in [2.24, 2.45) is 16.2 Å². The number of nitrogen functional groups attached to an aromatic ring is 1. The largest absolute Gasteiger partial charge is 0.396 e. The fourth-order valence-corrected chi connectivity index (χ4v) is 5.85. The van der Waals surface area contributed by atoms with Crippen LogP contribution in [0.25, 0.3) is 0 Å². The number of aromatic nitrogens is 3. The van der Waals surface area contributed by atoms with Crippen LogP contribution in [-0.4, -0.2) is 99.2 Å². The first-order chi connectivity index (χ1) is 25.1. The number of nitrogens with two attached hydrogens (primary N) is 1. The lowest BCUT2D eigenvalue weighted by Gasteiger charge is -2.39. The summed E-state index contributed by atoms with van der Waals surface area (Å²) in [4.78, 5) is 34.8. The molecule has 3 aliphatic heterocycles. The lowest BCUT2D eigenvalue weighted by atomic mass is 9.81. The van der Waals surface area contributed by atoms with E-state index in [0.29, 0.717) is 12.4 Å². The summed E-state index contributed by atoms with van der Waals surface area (Å²) in [6, 6.07) is 8.99. The van der Waals surface area contributed by atoms with Crippen LogP contribution in [0.15, 0.2) is 55.0 Å². The summed E-state index contributed by atoms with van der Waals surface area (Å²) in [5.41, 5.74) is 7.89. The SMILES string of the molecule is CC1(CO)CCN(c2ccc(N)nc2)CC1.CC1(CO)CCN(c2ccc([N+](=O)[O-])nc2)CC1.CC1(CO)CCNCC1.O=[N+]([O-])c1ccc(F)cn1. The minimum absolute atomic E-state index is 0.00467. The molecule has 3 fully saturated rings. The van der Waals surface area contributed by atoms with Crippen LogP contribution in [0.4, 0.5) is 33.2 Å². The molecule has 0 spiro atoms. The van der Waals surface area contributed by atoms with E-state index in [2.05, 4.69) is 50.8 Å². The van der Waals surface area contributed by atoms with E-state index < -0.39 is 15.7 Å². The number of piperidine rings is 3. The van der Waals surface area contributed by atoms with Gasteiger partial charge in [-0.1, -0.05) is 20.8 Å². The van der Waals surface area contributed by atoms with Crippen LogP contribution in [-0.2, 0) is 0 Å². The van der Waals surface area contributed by atoms with Gasteiger partial charge in [0.05, 0.1) is 17.6 Å². The number of nitrogens with zero attached hydrogens (tertiary/aromatic N) is 7. The predicted octanol–water partition coefficient (Wildman–Crippen LogP) is 4.35. The third-order valence-corrected chi connectivity index (χ3v) is 10.2. The van der Waals surface area contributed by atoms with E-state index in [4.69, 9.17) is 10.8 Å². The Kier molecular flexibility index (Phi) is 16.2. The molecule has 292 valence electrons. The van der Waals surface area contributed by atoms with Gasteiger partial charge in [0, 0.05) is 58.1 Å². The number of hydrogen-bond acceptors (Lipinski definition) is 14. The van der Waals surface area contributed by atoms with Crippen molar-refractivity contribution < 1.29 is 29.6 Å². The molecule has 0 unspecified atom stereocenters. The van der Waals surface area contributed by atoms with Crippen molar-refractivity contribution in [2.45, 2.75) is 59.3 Å². The summed E-state index contributed by atoms with van der Waals surface area (Å²) in [6.07, 6.45) is 10.3. The zero-order valence-corrected chi connectivity index (χ0v) is 30.9. The number of nitrogens with one attached hydrogen (secondary N) is 1. The van der Waals surface area contributed by atoms with E-state index in [1.165, 1.54) is 6.07 Å². The first kappa shape index (κ1) is 42.8. The molecule has 0 amide bonds. The van der Waals surface area contributed by atoms with E-state index in [1.807, 2.05) is 18.3 Å². The van der Waals surface area contributed by atoms with Crippen molar-refractivity contribution in [3.8, 4) is 0 Å². The Hall–Kier alpha value is -4.58. The second kappa shape index (κ2) is 20.0. The van der Waals surface area contributed by atoms with E-state index >= 15 is 0 Å². The van der Waals surface area contributed by atoms with Gasteiger partial charge in [0.1, 0.15) is 5.82 Å². The average Bonchev–Trinajstić information content (AvgIpc) is 3.17. The molecular weight excluding hydrogens is 689 g/mol. The lowest BCUT2D eigenvalue weighted by molar-refractivity contribution is -0.389. The molecule has 6 heterocycles. The summed E-state index contributed by atoms with van der Waals surface area (Å²) < 4.78 is 12.1. The highest BCUT2D eigenvalue weighted by Crippen LogP contribution is 2.33. The summed E-state index contributed by atoms with van der Waals surface area (Å²) in [7, 11) is 0. The second-order valence-electron chi connectivity index (χ2n) is 14.8. The average molecular weight is 744 g/mol. The minimum atomic E-state index is -0.681. The topological polar surface area (TPSA) is 230 Å². The van der Waals surface area contributed by atoms with Crippen molar-refractivity contribution in [1.29, 1.82) is 0 Å². The van der Waals surface area contributed by atoms with Gasteiger partial charge >= 0.3 is 11.6 Å². The molecule has 53 heavy (non-hydrogen) atoms. The maximum absolute atomic E-state index is 12.1. The number of pyridine rings is 3. The van der Waals surface area contributed by atoms with Crippen LogP contribution in [0.2, 0.25) is 0 Å². The first-order valence-corrected chi connectivity index (χ1v) is 17.7. The first-order valence-electron chi connectivity index (χ1n) is 17.7. The van der Waals surface area contributed by atoms with Gasteiger partial charge in [-0.2, -0.15) is 0 Å². The summed E-state index contributed by atoms with van der Waals surface area (Å²) in [6.45, 7) is 13.0. The van der Waals surface area contributed by atoms with Crippen molar-refractivity contribution >= 4 is 28.8 Å². The number of aliphatic hydroxyl groups excluding tert-OH is 3. The molecule has 0 atom stereocenters. The van der Waals surface area contributed by atoms with Crippen molar-refractivity contribution in [3.63, 3.8) is 0 Å². The Morgan fingerprint density at radius 3 is 1.40 bits per heavy atom. The Morgan fingerprint density at radius 2 is 1.08 bits per heavy atom. The Bertz CT molecular complexity index is 1540. The fraction of sp³-hybridized carbons (Fsp3) is 0.583. The minimum Gasteiger partial charge on any atom is -0.396 e. The molecule has 3 aromatic rings. The quantitative estimate of drug-likeness (QED) is 0.167. The van der Waals surface area contributed by atoms with Gasteiger partial charge in [0.15, 0.2) is 18.2 Å². The van der Waals surface area contributed by atoms with Gasteiger partial charge in [0.2, 0.25) is 0 Å². The standard InChI is InChI=1S/C12H17N3O3.C12H19N3O.C7H15NO.C5H3FN2O2/c1-12(9-16)4-6-14(7-5-12)10-2-3-11(13-8-10)15(17)18;1-12(9-16)4-6-15(7-5-12)10-2-3-11(13)14-8-10;1-7(6-9)2-4-8-5-3-7;6-4-1-2-5(7-3-4)8(9)10/h2-3,8,16H,4-7,9H2,1H3;2-3,8,16H,4-7,9H2,1H3,(H2,13,14);8-9H,2-6H2,1H3;1-3H. The van der Waals surface area contributed by atoms with Crippen LogP contribution in [0.5, 0.6) is 0 Å². The highest BCUT2D eigenvalue weighted by atomic mass is 19.1. The number of aliphatic hydroxyl groups is 3. The van der Waals surface area contributed by atoms with E-state index in [1.54, 1.807) is 12.3 Å². The maximum Gasteiger partial charge on any atom is 0.363 e. The molecule has 3 aromatic heterocycles. The predicted molar refractivity (Wildman–Crippen MR) is 201 cm³/mol. The van der Waals surface area contributed by atoms with E-state index in [9.17, 15) is 34.8 Å². The number of rotatable bonds is 7. The molecule has 0 aliphatic carbocycles. The summed E-state index contributed by atoms with van der Waals surface area (Å²) >= 11 is 0. The van der Waals surface area contributed by atoms with Crippen LogP contribution in [0.1, 0.15) is 59.3 Å². The molecule has 6 rings (SSSR count). The zero-order chi connectivity index (χ0) is 39.1. The Morgan fingerprint density at radius 1 is 0.679 bits per heavy atom. The van der Waals surface area contributed by atoms with E-state index in [-0.39, 0.29) is 41.1 Å². The number of anilines is 3. The summed E-state index contributed by atoms with van der Waals surface area (Å²) in [5, 5.41) is 51.2. The van der Waals surface area contributed by atoms with Crippen LogP contribution in [0, 0.1) is 42.3 Å². The van der Waals surface area contributed by atoms with Gasteiger partial charge in [-0.3, -0.25) is 0 Å². The van der Waals surface area contributed by atoms with Crippen molar-refractivity contribution in [2.75, 3.05) is 74.6 Å². The number of hydrogen-bond donors (Lipinski definition) is 5. The highest BCUT2D eigenvalue weighted by molar-refractivity contribution is 5.48. The monoisotopic (exact) mass is 743 g/mol. The van der Waals surface area contributed by atoms with Gasteiger partial charge in [-0.25, -0.2) is 9.37 Å². The third kappa shape index (κ3) is 13.7. The number of halogens is 1. The number of nitro groups is 2. The molecular formula is C36H54FN9O7. The second-order valence-corrected chi connectivity index (χ2v) is 14.8. The van der Waals surface area contributed by atoms with Crippen LogP contribution in [0.3, 0.4) is 0 Å². The van der Waals surface area contributed by atoms with E-state index in [0.717, 1.165) is 107 Å². The van der Waals surface area contributed by atoms with Gasteiger partial charge < -0.3 is 56.4 Å². The smallest absolute Gasteiger partial charge is 0.363 e. The molecule has 16 nitrogen and oxygen atoms in total. The molecule has 0 bridgehead atoms. The fourth-order valence-electron chi connectivity index (χ4n) is 5.85. The van der Waals surface area contributed by atoms with Crippen molar-refractivity contribution in [1.82, 2.24) is 20.3 Å².